The number of ether oxygens (including phenoxy) is 1. The van der Waals surface area contributed by atoms with Crippen LogP contribution in [0, 0.1) is 0 Å². The third-order valence-corrected chi connectivity index (χ3v) is 5.75. The number of hydrogen-bond donors (Lipinski definition) is 2. The molecule has 0 radical (unpaired) electrons. The Morgan fingerprint density at radius 1 is 1.25 bits per heavy atom. The number of halogens is 1. The van der Waals surface area contributed by atoms with Crippen LogP contribution < -0.4 is 10.6 Å². The summed E-state index contributed by atoms with van der Waals surface area (Å²) in [6, 6.07) is 7.16. The summed E-state index contributed by atoms with van der Waals surface area (Å²) >= 11 is 7.45. The van der Waals surface area contributed by atoms with Crippen molar-refractivity contribution in [2.75, 3.05) is 11.9 Å². The number of imide groups is 1. The molecule has 1 aliphatic carbocycles. The van der Waals surface area contributed by atoms with Gasteiger partial charge in [-0.15, -0.1) is 11.3 Å². The van der Waals surface area contributed by atoms with Crippen LogP contribution in [0.25, 0.3) is 6.08 Å². The molecule has 0 atom stereocenters. The van der Waals surface area contributed by atoms with E-state index in [-0.39, 0.29) is 12.5 Å². The molecule has 8 heteroatoms. The highest BCUT2D eigenvalue weighted by Crippen LogP contribution is 2.39. The molecule has 0 saturated heterocycles. The number of amides is 3. The van der Waals surface area contributed by atoms with Crippen molar-refractivity contribution in [3.05, 3.63) is 56.9 Å². The Bertz CT molecular complexity index is 952. The molecule has 1 aliphatic rings. The number of carbonyl (C=O) groups excluding carboxylic acids is 3. The lowest BCUT2D eigenvalue weighted by Gasteiger charge is -2.08. The molecule has 0 aliphatic heterocycles. The van der Waals surface area contributed by atoms with Crippen molar-refractivity contribution in [2.24, 2.45) is 0 Å². The summed E-state index contributed by atoms with van der Waals surface area (Å²) < 4.78 is 4.77. The lowest BCUT2D eigenvalue weighted by molar-refractivity contribution is -0.111. The van der Waals surface area contributed by atoms with Crippen LogP contribution in [0.4, 0.5) is 9.80 Å². The molecule has 2 aromatic rings. The first-order valence-corrected chi connectivity index (χ1v) is 10.0. The van der Waals surface area contributed by atoms with Crippen LogP contribution in [0.5, 0.6) is 0 Å². The molecular weight excluding hydrogens is 400 g/mol. The van der Waals surface area contributed by atoms with Crippen LogP contribution in [0.15, 0.2) is 30.3 Å². The van der Waals surface area contributed by atoms with Gasteiger partial charge in [-0.1, -0.05) is 29.8 Å². The summed E-state index contributed by atoms with van der Waals surface area (Å²) in [5, 5.41) is 5.93. The lowest BCUT2D eigenvalue weighted by atomic mass is 10.1. The molecule has 28 heavy (non-hydrogen) atoms. The highest BCUT2D eigenvalue weighted by molar-refractivity contribution is 7.17. The Labute approximate surface area is 171 Å². The van der Waals surface area contributed by atoms with Gasteiger partial charge >= 0.3 is 6.09 Å². The third-order valence-electron chi connectivity index (χ3n) is 4.20. The molecule has 146 valence electrons. The zero-order valence-corrected chi connectivity index (χ0v) is 16.8. The highest BCUT2D eigenvalue weighted by Gasteiger charge is 2.28. The number of anilines is 1. The second-order valence-corrected chi connectivity index (χ2v) is 7.59. The molecule has 1 heterocycles. The number of benzene rings is 1. The number of alkyl carbamates (subject to hydrolysis) is 1. The molecule has 0 bridgehead atoms. The van der Waals surface area contributed by atoms with E-state index in [4.69, 9.17) is 16.3 Å². The average Bonchev–Trinajstić information content (AvgIpc) is 3.21. The summed E-state index contributed by atoms with van der Waals surface area (Å²) in [7, 11) is 0. The first-order valence-electron chi connectivity index (χ1n) is 8.85. The topological polar surface area (TPSA) is 84.5 Å². The smallest absolute Gasteiger partial charge is 0.414 e. The second-order valence-electron chi connectivity index (χ2n) is 6.08. The van der Waals surface area contributed by atoms with E-state index >= 15 is 0 Å². The van der Waals surface area contributed by atoms with Crippen molar-refractivity contribution >= 4 is 51.9 Å². The Kier molecular flexibility index (Phi) is 6.49. The quantitative estimate of drug-likeness (QED) is 0.703. The van der Waals surface area contributed by atoms with Crippen LogP contribution in [0.3, 0.4) is 0 Å². The minimum atomic E-state index is -0.804. The number of aryl methyl sites for hydroxylation is 1. The number of rotatable bonds is 5. The summed E-state index contributed by atoms with van der Waals surface area (Å²) in [6.45, 7) is 1.82. The number of nitrogens with one attached hydrogen (secondary N) is 2. The fraction of sp³-hybridized carbons (Fsp3) is 0.250. The summed E-state index contributed by atoms with van der Waals surface area (Å²) in [5.74, 6) is -0.951. The normalized spacial score (nSPS) is 12.6. The third kappa shape index (κ3) is 4.61. The van der Waals surface area contributed by atoms with Gasteiger partial charge in [0.15, 0.2) is 0 Å². The summed E-state index contributed by atoms with van der Waals surface area (Å²) in [4.78, 5) is 37.6. The number of hydrogen-bond acceptors (Lipinski definition) is 5. The number of fused-ring (bicyclic) bond motifs is 1. The highest BCUT2D eigenvalue weighted by atomic mass is 35.5. The van der Waals surface area contributed by atoms with E-state index < -0.39 is 12.0 Å². The van der Waals surface area contributed by atoms with Crippen molar-refractivity contribution in [2.45, 2.75) is 26.2 Å². The van der Waals surface area contributed by atoms with Crippen molar-refractivity contribution < 1.29 is 19.1 Å². The van der Waals surface area contributed by atoms with Crippen LogP contribution in [-0.2, 0) is 22.4 Å². The Morgan fingerprint density at radius 3 is 2.79 bits per heavy atom. The molecule has 0 spiro atoms. The zero-order chi connectivity index (χ0) is 20.1. The van der Waals surface area contributed by atoms with Gasteiger partial charge in [0, 0.05) is 16.0 Å². The molecule has 0 saturated carbocycles. The van der Waals surface area contributed by atoms with Gasteiger partial charge in [0.1, 0.15) is 5.00 Å². The first kappa shape index (κ1) is 20.1. The first-order chi connectivity index (χ1) is 13.5. The van der Waals surface area contributed by atoms with Crippen molar-refractivity contribution in [3.63, 3.8) is 0 Å². The fourth-order valence-electron chi connectivity index (χ4n) is 2.98. The summed E-state index contributed by atoms with van der Waals surface area (Å²) in [5.41, 5.74) is 1.94. The predicted molar refractivity (Wildman–Crippen MR) is 110 cm³/mol. The van der Waals surface area contributed by atoms with Crippen LogP contribution in [-0.4, -0.2) is 24.5 Å². The molecule has 2 N–H and O–H groups in total. The second kappa shape index (κ2) is 9.03. The molecule has 6 nitrogen and oxygen atoms in total. The molecule has 0 fully saturated rings. The van der Waals surface area contributed by atoms with Gasteiger partial charge in [0.25, 0.3) is 5.91 Å². The van der Waals surface area contributed by atoms with E-state index in [0.717, 1.165) is 29.7 Å². The average molecular weight is 419 g/mol. The molecule has 0 unspecified atom stereocenters. The van der Waals surface area contributed by atoms with Gasteiger partial charge in [-0.25, -0.2) is 4.79 Å². The minimum absolute atomic E-state index is 0.164. The van der Waals surface area contributed by atoms with Crippen LogP contribution in [0.1, 0.15) is 39.7 Å². The molecule has 3 rings (SSSR count). The van der Waals surface area contributed by atoms with Gasteiger partial charge < -0.3 is 10.1 Å². The minimum Gasteiger partial charge on any atom is -0.450 e. The van der Waals surface area contributed by atoms with E-state index in [0.29, 0.717) is 21.2 Å². The maximum absolute atomic E-state index is 12.6. The van der Waals surface area contributed by atoms with E-state index in [1.165, 1.54) is 17.4 Å². The van der Waals surface area contributed by atoms with E-state index in [1.54, 1.807) is 31.2 Å². The maximum Gasteiger partial charge on any atom is 0.414 e. The van der Waals surface area contributed by atoms with Crippen LogP contribution in [0.2, 0.25) is 5.02 Å². The van der Waals surface area contributed by atoms with Gasteiger partial charge in [0.05, 0.1) is 12.2 Å². The van der Waals surface area contributed by atoms with Gasteiger partial charge in [-0.3, -0.25) is 14.9 Å². The fourth-order valence-corrected chi connectivity index (χ4v) is 4.47. The van der Waals surface area contributed by atoms with Gasteiger partial charge in [-0.2, -0.15) is 0 Å². The molecule has 1 aromatic carbocycles. The largest absolute Gasteiger partial charge is 0.450 e. The number of carbonyl (C=O) groups is 3. The van der Waals surface area contributed by atoms with E-state index in [2.05, 4.69) is 10.6 Å². The van der Waals surface area contributed by atoms with Crippen molar-refractivity contribution in [1.29, 1.82) is 0 Å². The lowest BCUT2D eigenvalue weighted by Crippen LogP contribution is -2.32. The predicted octanol–water partition coefficient (Wildman–Crippen LogP) is 4.43. The SMILES string of the molecule is CCOC(=O)NC(=O)c1c(NC(=O)/C=C/c2ccccc2Cl)sc2c1CCC2. The standard InChI is InChI=1S/C20H19ClN2O4S/c1-2-27-20(26)23-18(25)17-13-7-5-9-15(13)28-19(17)22-16(24)11-10-12-6-3-4-8-14(12)21/h3-4,6,8,10-11H,2,5,7,9H2,1H3,(H,22,24)(H,23,25,26)/b11-10+. The van der Waals surface area contributed by atoms with Gasteiger partial charge in [0.2, 0.25) is 5.91 Å². The monoisotopic (exact) mass is 418 g/mol. The van der Waals surface area contributed by atoms with Crippen molar-refractivity contribution in [1.82, 2.24) is 5.32 Å². The maximum atomic E-state index is 12.6. The van der Waals surface area contributed by atoms with E-state index in [1.807, 2.05) is 6.07 Å². The van der Waals surface area contributed by atoms with Crippen molar-refractivity contribution in [3.8, 4) is 0 Å². The Morgan fingerprint density at radius 2 is 2.04 bits per heavy atom. The molecule has 3 amide bonds. The van der Waals surface area contributed by atoms with E-state index in [9.17, 15) is 14.4 Å². The summed E-state index contributed by atoms with van der Waals surface area (Å²) in [6.07, 6.45) is 4.70. The molecule has 1 aromatic heterocycles. The Balaban J connectivity index is 1.78. The zero-order valence-electron chi connectivity index (χ0n) is 15.2. The van der Waals surface area contributed by atoms with Crippen LogP contribution >= 0.6 is 22.9 Å². The number of thiophene rings is 1. The molecular formula is C20H19ClN2O4S. The van der Waals surface area contributed by atoms with Gasteiger partial charge in [-0.05, 0) is 49.5 Å². The Hall–Kier alpha value is -2.64.